The lowest BCUT2D eigenvalue weighted by molar-refractivity contribution is 0.00607. The Hall–Kier alpha value is -0.860. The van der Waals surface area contributed by atoms with Crippen LogP contribution < -0.4 is 0 Å². The molecule has 0 amide bonds. The number of unbranched alkanes of at least 4 members (excludes halogenated alkanes) is 1. The van der Waals surface area contributed by atoms with Crippen molar-refractivity contribution in [3.05, 3.63) is 35.9 Å². The molecule has 1 aliphatic heterocycles. The van der Waals surface area contributed by atoms with Gasteiger partial charge in [-0.05, 0) is 31.9 Å². The number of benzene rings is 1. The van der Waals surface area contributed by atoms with Crippen molar-refractivity contribution >= 4 is 0 Å². The van der Waals surface area contributed by atoms with Gasteiger partial charge in [-0.1, -0.05) is 43.7 Å². The van der Waals surface area contributed by atoms with Gasteiger partial charge in [0.25, 0.3) is 0 Å². The van der Waals surface area contributed by atoms with Gasteiger partial charge >= 0.3 is 0 Å². The van der Waals surface area contributed by atoms with Crippen LogP contribution in [-0.4, -0.2) is 29.1 Å². The maximum Gasteiger partial charge on any atom is 0.106 e. The van der Waals surface area contributed by atoms with Crippen molar-refractivity contribution in [1.29, 1.82) is 0 Å². The fourth-order valence-electron chi connectivity index (χ4n) is 2.80. The Balaban J connectivity index is 2.12. The molecule has 0 aromatic heterocycles. The van der Waals surface area contributed by atoms with Crippen molar-refractivity contribution in [3.63, 3.8) is 0 Å². The van der Waals surface area contributed by atoms with Crippen LogP contribution in [-0.2, 0) is 5.60 Å². The molecular formula is C15H23NO. The Morgan fingerprint density at radius 3 is 2.71 bits per heavy atom. The number of hydrogen-bond acceptors (Lipinski definition) is 2. The molecule has 1 aromatic rings. The molecule has 2 heteroatoms. The van der Waals surface area contributed by atoms with Gasteiger partial charge in [0.1, 0.15) is 5.60 Å². The summed E-state index contributed by atoms with van der Waals surface area (Å²) >= 11 is 0. The molecule has 0 spiro atoms. The summed E-state index contributed by atoms with van der Waals surface area (Å²) in [5.41, 5.74) is 0.404. The predicted molar refractivity (Wildman–Crippen MR) is 70.9 cm³/mol. The SMILES string of the molecule is CCCCN1CC[C@@](O)(c2ccccc2)[C@@H]1C. The van der Waals surface area contributed by atoms with Gasteiger partial charge in [0.2, 0.25) is 0 Å². The molecule has 0 radical (unpaired) electrons. The predicted octanol–water partition coefficient (Wildman–Crippen LogP) is 2.77. The van der Waals surface area contributed by atoms with Crippen molar-refractivity contribution in [1.82, 2.24) is 4.90 Å². The highest BCUT2D eigenvalue weighted by molar-refractivity contribution is 5.25. The molecule has 2 atom stereocenters. The third kappa shape index (κ3) is 2.38. The van der Waals surface area contributed by atoms with E-state index in [9.17, 15) is 5.11 Å². The molecule has 17 heavy (non-hydrogen) atoms. The third-order valence-corrected chi connectivity index (χ3v) is 4.09. The van der Waals surface area contributed by atoms with Gasteiger partial charge < -0.3 is 5.11 Å². The first-order chi connectivity index (χ1) is 8.18. The molecule has 1 saturated heterocycles. The first-order valence-electron chi connectivity index (χ1n) is 6.70. The molecule has 2 rings (SSSR count). The average Bonchev–Trinajstić information content (AvgIpc) is 2.66. The highest BCUT2D eigenvalue weighted by Crippen LogP contribution is 2.37. The van der Waals surface area contributed by atoms with Crippen LogP contribution in [0.5, 0.6) is 0 Å². The van der Waals surface area contributed by atoms with Crippen molar-refractivity contribution < 1.29 is 5.11 Å². The lowest BCUT2D eigenvalue weighted by Crippen LogP contribution is -2.40. The first kappa shape index (κ1) is 12.6. The van der Waals surface area contributed by atoms with Crippen LogP contribution in [0.15, 0.2) is 30.3 Å². The van der Waals surface area contributed by atoms with Gasteiger partial charge in [-0.2, -0.15) is 0 Å². The molecule has 1 aromatic carbocycles. The molecule has 94 valence electrons. The van der Waals surface area contributed by atoms with E-state index >= 15 is 0 Å². The first-order valence-corrected chi connectivity index (χ1v) is 6.70. The average molecular weight is 233 g/mol. The zero-order valence-corrected chi connectivity index (χ0v) is 10.9. The van der Waals surface area contributed by atoms with Gasteiger partial charge in [-0.25, -0.2) is 0 Å². The molecule has 1 N–H and O–H groups in total. The number of nitrogens with zero attached hydrogens (tertiary/aromatic N) is 1. The topological polar surface area (TPSA) is 23.5 Å². The van der Waals surface area contributed by atoms with E-state index < -0.39 is 5.60 Å². The smallest absolute Gasteiger partial charge is 0.106 e. The van der Waals surface area contributed by atoms with E-state index in [2.05, 4.69) is 18.7 Å². The molecule has 2 nitrogen and oxygen atoms in total. The monoisotopic (exact) mass is 233 g/mol. The highest BCUT2D eigenvalue weighted by Gasteiger charge is 2.43. The molecule has 0 unspecified atom stereocenters. The Morgan fingerprint density at radius 2 is 2.06 bits per heavy atom. The van der Waals surface area contributed by atoms with Crippen molar-refractivity contribution in [2.24, 2.45) is 0 Å². The summed E-state index contributed by atoms with van der Waals surface area (Å²) in [6.07, 6.45) is 3.28. The van der Waals surface area contributed by atoms with E-state index in [1.54, 1.807) is 0 Å². The second-order valence-electron chi connectivity index (χ2n) is 5.11. The summed E-state index contributed by atoms with van der Waals surface area (Å²) < 4.78 is 0. The minimum absolute atomic E-state index is 0.219. The quantitative estimate of drug-likeness (QED) is 0.864. The van der Waals surface area contributed by atoms with Gasteiger partial charge in [0.05, 0.1) is 0 Å². The number of rotatable bonds is 4. The van der Waals surface area contributed by atoms with Crippen molar-refractivity contribution in [2.45, 2.75) is 44.8 Å². The lowest BCUT2D eigenvalue weighted by Gasteiger charge is -2.31. The Bertz CT molecular complexity index is 351. The number of aliphatic hydroxyl groups is 1. The fraction of sp³-hybridized carbons (Fsp3) is 0.600. The maximum absolute atomic E-state index is 10.9. The third-order valence-electron chi connectivity index (χ3n) is 4.09. The van der Waals surface area contributed by atoms with E-state index in [0.29, 0.717) is 0 Å². The molecular weight excluding hydrogens is 210 g/mol. The summed E-state index contributed by atoms with van der Waals surface area (Å²) in [6, 6.07) is 10.3. The van der Waals surface area contributed by atoms with Crippen LogP contribution in [0.25, 0.3) is 0 Å². The lowest BCUT2D eigenvalue weighted by atomic mass is 9.87. The van der Waals surface area contributed by atoms with E-state index in [1.807, 2.05) is 30.3 Å². The fourth-order valence-corrected chi connectivity index (χ4v) is 2.80. The van der Waals surface area contributed by atoms with E-state index in [4.69, 9.17) is 0 Å². The van der Waals surface area contributed by atoms with Crippen LogP contribution in [0.1, 0.15) is 38.7 Å². The van der Waals surface area contributed by atoms with Gasteiger partial charge in [-0.15, -0.1) is 0 Å². The van der Waals surface area contributed by atoms with E-state index in [0.717, 1.165) is 25.1 Å². The number of hydrogen-bond donors (Lipinski definition) is 1. The minimum atomic E-state index is -0.658. The second kappa shape index (κ2) is 5.19. The van der Waals surface area contributed by atoms with Crippen LogP contribution in [0.4, 0.5) is 0 Å². The molecule has 0 aliphatic carbocycles. The maximum atomic E-state index is 10.9. The number of likely N-dealkylation sites (tertiary alicyclic amines) is 1. The summed E-state index contributed by atoms with van der Waals surface area (Å²) in [6.45, 7) is 6.47. The highest BCUT2D eigenvalue weighted by atomic mass is 16.3. The summed E-state index contributed by atoms with van der Waals surface area (Å²) in [5, 5.41) is 10.9. The van der Waals surface area contributed by atoms with Gasteiger partial charge in [0.15, 0.2) is 0 Å². The minimum Gasteiger partial charge on any atom is -0.383 e. The van der Waals surface area contributed by atoms with Gasteiger partial charge in [0, 0.05) is 12.6 Å². The molecule has 0 saturated carbocycles. The standard InChI is InChI=1S/C15H23NO/c1-3-4-11-16-12-10-15(17,13(16)2)14-8-6-5-7-9-14/h5-9,13,17H,3-4,10-12H2,1-2H3/t13-,15-/m0/s1. The van der Waals surface area contributed by atoms with Gasteiger partial charge in [-0.3, -0.25) is 4.90 Å². The normalized spacial score (nSPS) is 29.7. The van der Waals surface area contributed by atoms with Crippen LogP contribution in [0, 0.1) is 0 Å². The summed E-state index contributed by atoms with van der Waals surface area (Å²) in [5.74, 6) is 0. The van der Waals surface area contributed by atoms with Crippen LogP contribution >= 0.6 is 0 Å². The Labute approximate surface area is 104 Å². The van der Waals surface area contributed by atoms with Crippen LogP contribution in [0.2, 0.25) is 0 Å². The largest absolute Gasteiger partial charge is 0.383 e. The Kier molecular flexibility index (Phi) is 3.85. The molecule has 1 heterocycles. The van der Waals surface area contributed by atoms with Crippen LogP contribution in [0.3, 0.4) is 0 Å². The molecule has 0 bridgehead atoms. The van der Waals surface area contributed by atoms with E-state index in [-0.39, 0.29) is 6.04 Å². The Morgan fingerprint density at radius 1 is 1.35 bits per heavy atom. The zero-order chi connectivity index (χ0) is 12.3. The van der Waals surface area contributed by atoms with E-state index in [1.165, 1.54) is 12.8 Å². The van der Waals surface area contributed by atoms with Crippen molar-refractivity contribution in [3.8, 4) is 0 Å². The zero-order valence-electron chi connectivity index (χ0n) is 10.9. The second-order valence-corrected chi connectivity index (χ2v) is 5.11. The van der Waals surface area contributed by atoms with Crippen molar-refractivity contribution in [2.75, 3.05) is 13.1 Å². The molecule has 1 fully saturated rings. The summed E-state index contributed by atoms with van der Waals surface area (Å²) in [4.78, 5) is 2.41. The summed E-state index contributed by atoms with van der Waals surface area (Å²) in [7, 11) is 0. The molecule has 1 aliphatic rings.